The average Bonchev–Trinajstić information content (AvgIpc) is 3.03. The van der Waals surface area contributed by atoms with E-state index in [4.69, 9.17) is 9.26 Å². The number of hydrogen-bond acceptors (Lipinski definition) is 6. The summed E-state index contributed by atoms with van der Waals surface area (Å²) >= 11 is 0. The maximum Gasteiger partial charge on any atom is 0.257 e. The van der Waals surface area contributed by atoms with Crippen LogP contribution in [0.1, 0.15) is 35.8 Å². The normalized spacial score (nSPS) is 16.4. The number of pyridine rings is 1. The van der Waals surface area contributed by atoms with Crippen molar-refractivity contribution in [3.8, 4) is 0 Å². The molecule has 1 saturated heterocycles. The molecule has 0 aliphatic carbocycles. The molecule has 2 aromatic heterocycles. The molecule has 1 aliphatic rings. The van der Waals surface area contributed by atoms with Gasteiger partial charge in [0.1, 0.15) is 0 Å². The predicted octanol–water partition coefficient (Wildman–Crippen LogP) is 1.95. The van der Waals surface area contributed by atoms with Gasteiger partial charge in [0, 0.05) is 25.3 Å². The molecule has 0 atom stereocenters. The van der Waals surface area contributed by atoms with Crippen LogP contribution in [0.2, 0.25) is 0 Å². The third-order valence-electron chi connectivity index (χ3n) is 4.74. The fourth-order valence-corrected chi connectivity index (χ4v) is 3.26. The van der Waals surface area contributed by atoms with Crippen LogP contribution in [0.15, 0.2) is 16.8 Å². The van der Waals surface area contributed by atoms with Crippen LogP contribution in [0.4, 0.5) is 0 Å². The lowest BCUT2D eigenvalue weighted by molar-refractivity contribution is 0.0511. The Morgan fingerprint density at radius 3 is 2.88 bits per heavy atom. The fourth-order valence-electron chi connectivity index (χ4n) is 3.26. The highest BCUT2D eigenvalue weighted by Gasteiger charge is 2.32. The summed E-state index contributed by atoms with van der Waals surface area (Å²) in [4.78, 5) is 16.7. The minimum Gasteiger partial charge on any atom is -0.384 e. The molecule has 25 heavy (non-hydrogen) atoms. The molecule has 0 unspecified atom stereocenters. The number of nitrogens with zero attached hydrogens (tertiary/aromatic N) is 2. The van der Waals surface area contributed by atoms with Gasteiger partial charge in [0.15, 0.2) is 0 Å². The Bertz CT molecular complexity index is 707. The minimum absolute atomic E-state index is 0. The number of aryl methyl sites for hydroxylation is 1. The van der Waals surface area contributed by atoms with Gasteiger partial charge in [-0.25, -0.2) is 4.98 Å². The summed E-state index contributed by atoms with van der Waals surface area (Å²) in [5.41, 5.74) is 1.82. The number of piperidine rings is 1. The first-order chi connectivity index (χ1) is 11.7. The van der Waals surface area contributed by atoms with Crippen LogP contribution in [0.5, 0.6) is 0 Å². The molecular formula is C17H25ClN4O3. The molecular weight excluding hydrogens is 344 g/mol. The molecule has 0 bridgehead atoms. The van der Waals surface area contributed by atoms with Gasteiger partial charge in [-0.3, -0.25) is 4.79 Å². The van der Waals surface area contributed by atoms with Crippen LogP contribution in [-0.4, -0.2) is 49.4 Å². The Morgan fingerprint density at radius 1 is 1.44 bits per heavy atom. The average molecular weight is 369 g/mol. The van der Waals surface area contributed by atoms with Gasteiger partial charge in [0.2, 0.25) is 0 Å². The molecule has 2 aromatic rings. The van der Waals surface area contributed by atoms with E-state index in [0.29, 0.717) is 24.4 Å². The van der Waals surface area contributed by atoms with Gasteiger partial charge in [-0.15, -0.1) is 12.4 Å². The second-order valence-electron chi connectivity index (χ2n) is 6.43. The Kier molecular flexibility index (Phi) is 6.75. The lowest BCUT2D eigenvalue weighted by atomic mass is 9.79. The van der Waals surface area contributed by atoms with Gasteiger partial charge >= 0.3 is 0 Å². The highest BCUT2D eigenvalue weighted by atomic mass is 35.5. The molecule has 0 saturated carbocycles. The number of amides is 1. The smallest absolute Gasteiger partial charge is 0.257 e. The number of carbonyl (C=O) groups excluding carboxylic acids is 1. The highest BCUT2D eigenvalue weighted by Crippen LogP contribution is 2.28. The SMILES string of the molecule is CCc1noc2ncc(C(=O)NCC3(COC)CCNCC3)cc12.Cl. The third kappa shape index (κ3) is 4.29. The van der Waals surface area contributed by atoms with E-state index in [1.54, 1.807) is 13.2 Å². The molecule has 8 heteroatoms. The van der Waals surface area contributed by atoms with Gasteiger partial charge < -0.3 is 19.9 Å². The summed E-state index contributed by atoms with van der Waals surface area (Å²) in [6.45, 7) is 5.15. The molecule has 3 heterocycles. The summed E-state index contributed by atoms with van der Waals surface area (Å²) in [5, 5.41) is 11.2. The summed E-state index contributed by atoms with van der Waals surface area (Å²) in [5.74, 6) is -0.123. The van der Waals surface area contributed by atoms with Crippen LogP contribution >= 0.6 is 12.4 Å². The molecule has 1 fully saturated rings. The largest absolute Gasteiger partial charge is 0.384 e. The van der Waals surface area contributed by atoms with Crippen molar-refractivity contribution in [2.75, 3.05) is 33.4 Å². The number of ether oxygens (including phenoxy) is 1. The molecule has 0 spiro atoms. The standard InChI is InChI=1S/C17H24N4O3.ClH/c1-3-14-13-8-12(9-19-16(13)24-21-14)15(22)20-10-17(11-23-2)4-6-18-7-5-17;/h8-9,18H,3-7,10-11H2,1-2H3,(H,20,22);1H. The van der Waals surface area contributed by atoms with Crippen molar-refractivity contribution in [1.82, 2.24) is 20.8 Å². The number of rotatable bonds is 6. The molecule has 138 valence electrons. The van der Waals surface area contributed by atoms with E-state index in [2.05, 4.69) is 20.8 Å². The number of fused-ring (bicyclic) bond motifs is 1. The molecule has 3 rings (SSSR count). The quantitative estimate of drug-likeness (QED) is 0.810. The van der Waals surface area contributed by atoms with Crippen LogP contribution in [0.3, 0.4) is 0 Å². The van der Waals surface area contributed by atoms with E-state index in [9.17, 15) is 4.79 Å². The fraction of sp³-hybridized carbons (Fsp3) is 0.588. The van der Waals surface area contributed by atoms with Crippen LogP contribution in [0.25, 0.3) is 11.1 Å². The predicted molar refractivity (Wildman–Crippen MR) is 97.2 cm³/mol. The van der Waals surface area contributed by atoms with Gasteiger partial charge in [0.05, 0.1) is 23.3 Å². The van der Waals surface area contributed by atoms with Crippen LogP contribution < -0.4 is 10.6 Å². The van der Waals surface area contributed by atoms with Crippen LogP contribution in [0, 0.1) is 5.41 Å². The monoisotopic (exact) mass is 368 g/mol. The van der Waals surface area contributed by atoms with Crippen molar-refractivity contribution in [2.45, 2.75) is 26.2 Å². The van der Waals surface area contributed by atoms with E-state index in [1.165, 1.54) is 6.20 Å². The molecule has 0 radical (unpaired) electrons. The Hall–Kier alpha value is -1.70. The van der Waals surface area contributed by atoms with E-state index in [-0.39, 0.29) is 23.7 Å². The number of aromatic nitrogens is 2. The number of methoxy groups -OCH3 is 1. The Labute approximate surface area is 153 Å². The second-order valence-corrected chi connectivity index (χ2v) is 6.43. The number of hydrogen-bond donors (Lipinski definition) is 2. The molecule has 1 amide bonds. The lowest BCUT2D eigenvalue weighted by Gasteiger charge is -2.37. The van der Waals surface area contributed by atoms with Gasteiger partial charge in [0.25, 0.3) is 11.6 Å². The number of halogens is 1. The first kappa shape index (κ1) is 19.6. The maximum atomic E-state index is 12.5. The lowest BCUT2D eigenvalue weighted by Crippen LogP contribution is -2.47. The first-order valence-electron chi connectivity index (χ1n) is 8.39. The summed E-state index contributed by atoms with van der Waals surface area (Å²) < 4.78 is 10.5. The zero-order valence-electron chi connectivity index (χ0n) is 14.6. The molecule has 7 nitrogen and oxygen atoms in total. The van der Waals surface area contributed by atoms with Crippen molar-refractivity contribution in [2.24, 2.45) is 5.41 Å². The van der Waals surface area contributed by atoms with Crippen molar-refractivity contribution in [1.29, 1.82) is 0 Å². The number of nitrogens with one attached hydrogen (secondary N) is 2. The maximum absolute atomic E-state index is 12.5. The van der Waals surface area contributed by atoms with Gasteiger partial charge in [-0.1, -0.05) is 12.1 Å². The van der Waals surface area contributed by atoms with E-state index < -0.39 is 0 Å². The van der Waals surface area contributed by atoms with Gasteiger partial charge in [-0.2, -0.15) is 0 Å². The summed E-state index contributed by atoms with van der Waals surface area (Å²) in [7, 11) is 1.71. The topological polar surface area (TPSA) is 89.3 Å². The molecule has 1 aliphatic heterocycles. The first-order valence-corrected chi connectivity index (χ1v) is 8.39. The highest BCUT2D eigenvalue weighted by molar-refractivity contribution is 5.97. The van der Waals surface area contributed by atoms with Gasteiger partial charge in [-0.05, 0) is 38.4 Å². The van der Waals surface area contributed by atoms with Crippen molar-refractivity contribution < 1.29 is 14.1 Å². The molecule has 2 N–H and O–H groups in total. The van der Waals surface area contributed by atoms with Crippen molar-refractivity contribution in [3.63, 3.8) is 0 Å². The zero-order chi connectivity index (χ0) is 17.0. The summed E-state index contributed by atoms with van der Waals surface area (Å²) in [6, 6.07) is 1.80. The van der Waals surface area contributed by atoms with E-state index in [0.717, 1.165) is 43.4 Å². The third-order valence-corrected chi connectivity index (χ3v) is 4.74. The second kappa shape index (κ2) is 8.60. The van der Waals surface area contributed by atoms with E-state index >= 15 is 0 Å². The minimum atomic E-state index is -0.123. The van der Waals surface area contributed by atoms with Crippen molar-refractivity contribution >= 4 is 29.4 Å². The van der Waals surface area contributed by atoms with Crippen molar-refractivity contribution in [3.05, 3.63) is 23.5 Å². The Balaban J connectivity index is 0.00000225. The number of carbonyl (C=O) groups is 1. The zero-order valence-corrected chi connectivity index (χ0v) is 15.4. The van der Waals surface area contributed by atoms with Crippen LogP contribution in [-0.2, 0) is 11.2 Å². The summed E-state index contributed by atoms with van der Waals surface area (Å²) in [6.07, 6.45) is 4.26. The molecule has 0 aromatic carbocycles. The van der Waals surface area contributed by atoms with E-state index in [1.807, 2.05) is 6.92 Å². The Morgan fingerprint density at radius 2 is 2.20 bits per heavy atom.